The topological polar surface area (TPSA) is 109 Å². The highest BCUT2D eigenvalue weighted by Crippen LogP contribution is 2.15. The number of unbranched alkanes of at least 4 members (excludes halogenated alkanes) is 6. The van der Waals surface area contributed by atoms with E-state index >= 15 is 0 Å². The van der Waals surface area contributed by atoms with E-state index in [4.69, 9.17) is 10.8 Å². The molecule has 6 heteroatoms. The largest absolute Gasteiger partial charge is 0.480 e. The number of nitrogens with two attached hydrogens (primary N) is 1. The second kappa shape index (κ2) is 13.8. The molecule has 0 bridgehead atoms. The van der Waals surface area contributed by atoms with Crippen LogP contribution >= 0.6 is 0 Å². The van der Waals surface area contributed by atoms with E-state index in [9.17, 15) is 14.4 Å². The first-order valence-corrected chi connectivity index (χ1v) is 9.17. The standard InChI is InChI=1S/C18H34N2O4/c1-3-4-5-6-7-8-9-10-14(2)13-17(22)20-15(18(23)24)11-12-16(19)21/h14-15H,3-13H2,1-2H3,(H2,19,21)(H,20,22)(H,23,24). The van der Waals surface area contributed by atoms with Gasteiger partial charge < -0.3 is 16.2 Å². The van der Waals surface area contributed by atoms with Gasteiger partial charge in [0.15, 0.2) is 0 Å². The number of hydrogen-bond donors (Lipinski definition) is 3. The molecule has 0 aliphatic rings. The van der Waals surface area contributed by atoms with Crippen molar-refractivity contribution in [2.45, 2.75) is 90.5 Å². The molecule has 0 aliphatic heterocycles. The van der Waals surface area contributed by atoms with Gasteiger partial charge in [0.1, 0.15) is 6.04 Å². The van der Waals surface area contributed by atoms with Crippen LogP contribution in [0.2, 0.25) is 0 Å². The molecule has 0 aromatic rings. The minimum Gasteiger partial charge on any atom is -0.480 e. The molecule has 0 saturated heterocycles. The summed E-state index contributed by atoms with van der Waals surface area (Å²) in [7, 11) is 0. The van der Waals surface area contributed by atoms with Gasteiger partial charge in [0.05, 0.1) is 0 Å². The first kappa shape index (κ1) is 22.4. The molecule has 0 rings (SSSR count). The third-order valence-corrected chi connectivity index (χ3v) is 4.15. The Bertz CT molecular complexity index is 385. The van der Waals surface area contributed by atoms with Crippen LogP contribution in [0.1, 0.15) is 84.5 Å². The van der Waals surface area contributed by atoms with Crippen molar-refractivity contribution in [3.8, 4) is 0 Å². The summed E-state index contributed by atoms with van der Waals surface area (Å²) in [6.07, 6.45) is 9.94. The summed E-state index contributed by atoms with van der Waals surface area (Å²) in [6.45, 7) is 4.21. The highest BCUT2D eigenvalue weighted by atomic mass is 16.4. The summed E-state index contributed by atoms with van der Waals surface area (Å²) >= 11 is 0. The van der Waals surface area contributed by atoms with Crippen LogP contribution in [0.25, 0.3) is 0 Å². The van der Waals surface area contributed by atoms with Crippen molar-refractivity contribution in [3.05, 3.63) is 0 Å². The molecular formula is C18H34N2O4. The Labute approximate surface area is 145 Å². The van der Waals surface area contributed by atoms with Crippen molar-refractivity contribution >= 4 is 17.8 Å². The van der Waals surface area contributed by atoms with Crippen molar-refractivity contribution in [3.63, 3.8) is 0 Å². The molecule has 0 aromatic carbocycles. The molecule has 4 N–H and O–H groups in total. The quantitative estimate of drug-likeness (QED) is 0.397. The Morgan fingerprint density at radius 2 is 1.58 bits per heavy atom. The highest BCUT2D eigenvalue weighted by Gasteiger charge is 2.21. The second-order valence-electron chi connectivity index (χ2n) is 6.68. The normalized spacial score (nSPS) is 13.2. The number of amides is 2. The third kappa shape index (κ3) is 12.9. The SMILES string of the molecule is CCCCCCCCCC(C)CC(=O)NC(CCC(N)=O)C(=O)O. The fourth-order valence-electron chi connectivity index (χ4n) is 2.67. The minimum atomic E-state index is -1.13. The van der Waals surface area contributed by atoms with E-state index < -0.39 is 17.9 Å². The van der Waals surface area contributed by atoms with Crippen LogP contribution in [-0.2, 0) is 14.4 Å². The molecule has 0 saturated carbocycles. The monoisotopic (exact) mass is 342 g/mol. The summed E-state index contributed by atoms with van der Waals surface area (Å²) in [5.41, 5.74) is 5.01. The van der Waals surface area contributed by atoms with E-state index in [-0.39, 0.29) is 24.7 Å². The van der Waals surface area contributed by atoms with Crippen molar-refractivity contribution in [1.82, 2.24) is 5.32 Å². The number of primary amides is 1. The van der Waals surface area contributed by atoms with E-state index in [0.29, 0.717) is 6.42 Å². The Balaban J connectivity index is 3.90. The Morgan fingerprint density at radius 3 is 2.12 bits per heavy atom. The molecule has 0 heterocycles. The van der Waals surface area contributed by atoms with E-state index in [1.807, 2.05) is 6.92 Å². The van der Waals surface area contributed by atoms with Gasteiger partial charge >= 0.3 is 5.97 Å². The zero-order valence-corrected chi connectivity index (χ0v) is 15.2. The fourth-order valence-corrected chi connectivity index (χ4v) is 2.67. The van der Waals surface area contributed by atoms with Gasteiger partial charge in [-0.05, 0) is 12.3 Å². The second-order valence-corrected chi connectivity index (χ2v) is 6.68. The lowest BCUT2D eigenvalue weighted by atomic mass is 9.98. The molecular weight excluding hydrogens is 308 g/mol. The van der Waals surface area contributed by atoms with Crippen molar-refractivity contribution < 1.29 is 19.5 Å². The Hall–Kier alpha value is -1.59. The molecule has 0 fully saturated rings. The van der Waals surface area contributed by atoms with Gasteiger partial charge in [-0.15, -0.1) is 0 Å². The summed E-state index contributed by atoms with van der Waals surface area (Å²) in [5.74, 6) is -1.75. The van der Waals surface area contributed by atoms with Crippen molar-refractivity contribution in [2.75, 3.05) is 0 Å². The first-order valence-electron chi connectivity index (χ1n) is 9.17. The van der Waals surface area contributed by atoms with Gasteiger partial charge in [-0.3, -0.25) is 9.59 Å². The summed E-state index contributed by atoms with van der Waals surface area (Å²) in [6, 6.07) is -1.05. The number of nitrogens with one attached hydrogen (secondary N) is 1. The number of carbonyl (C=O) groups excluding carboxylic acids is 2. The van der Waals surface area contributed by atoms with Gasteiger partial charge in [0.25, 0.3) is 0 Å². The molecule has 2 unspecified atom stereocenters. The number of hydrogen-bond acceptors (Lipinski definition) is 3. The van der Waals surface area contributed by atoms with E-state index in [0.717, 1.165) is 12.8 Å². The van der Waals surface area contributed by atoms with E-state index in [1.165, 1.54) is 38.5 Å². The van der Waals surface area contributed by atoms with Crippen LogP contribution in [0, 0.1) is 5.92 Å². The molecule has 2 atom stereocenters. The van der Waals surface area contributed by atoms with Crippen LogP contribution in [0.4, 0.5) is 0 Å². The summed E-state index contributed by atoms with van der Waals surface area (Å²) in [5, 5.41) is 11.5. The minimum absolute atomic E-state index is 0.0303. The molecule has 140 valence electrons. The van der Waals surface area contributed by atoms with Crippen LogP contribution < -0.4 is 11.1 Å². The van der Waals surface area contributed by atoms with Crippen LogP contribution in [0.5, 0.6) is 0 Å². The lowest BCUT2D eigenvalue weighted by Crippen LogP contribution is -2.41. The van der Waals surface area contributed by atoms with E-state index in [2.05, 4.69) is 12.2 Å². The predicted octanol–water partition coefficient (Wildman–Crippen LogP) is 2.99. The molecule has 24 heavy (non-hydrogen) atoms. The zero-order chi connectivity index (χ0) is 18.4. The van der Waals surface area contributed by atoms with Gasteiger partial charge in [-0.2, -0.15) is 0 Å². The fraction of sp³-hybridized carbons (Fsp3) is 0.833. The van der Waals surface area contributed by atoms with Gasteiger partial charge in [-0.1, -0.05) is 65.2 Å². The molecule has 0 aromatic heterocycles. The Kier molecular flexibility index (Phi) is 12.9. The van der Waals surface area contributed by atoms with Gasteiger partial charge in [0.2, 0.25) is 11.8 Å². The van der Waals surface area contributed by atoms with E-state index in [1.54, 1.807) is 0 Å². The lowest BCUT2D eigenvalue weighted by Gasteiger charge is -2.16. The molecule has 0 radical (unpaired) electrons. The predicted molar refractivity (Wildman–Crippen MR) is 94.4 cm³/mol. The van der Waals surface area contributed by atoms with Gasteiger partial charge in [0, 0.05) is 12.8 Å². The number of carboxylic acid groups (broad SMARTS) is 1. The van der Waals surface area contributed by atoms with Crippen LogP contribution in [-0.4, -0.2) is 28.9 Å². The maximum Gasteiger partial charge on any atom is 0.326 e. The smallest absolute Gasteiger partial charge is 0.326 e. The average Bonchev–Trinajstić information content (AvgIpc) is 2.50. The maximum atomic E-state index is 11.9. The number of rotatable bonds is 15. The zero-order valence-electron chi connectivity index (χ0n) is 15.2. The number of carbonyl (C=O) groups is 3. The van der Waals surface area contributed by atoms with Crippen LogP contribution in [0.15, 0.2) is 0 Å². The first-order chi connectivity index (χ1) is 11.4. The lowest BCUT2D eigenvalue weighted by molar-refractivity contribution is -0.142. The average molecular weight is 342 g/mol. The molecule has 2 amide bonds. The number of carboxylic acids is 1. The summed E-state index contributed by atoms with van der Waals surface area (Å²) < 4.78 is 0. The van der Waals surface area contributed by atoms with Crippen molar-refractivity contribution in [2.24, 2.45) is 11.7 Å². The third-order valence-electron chi connectivity index (χ3n) is 4.15. The molecule has 6 nitrogen and oxygen atoms in total. The van der Waals surface area contributed by atoms with Crippen molar-refractivity contribution in [1.29, 1.82) is 0 Å². The number of aliphatic carboxylic acids is 1. The maximum absolute atomic E-state index is 11.9. The molecule has 0 aliphatic carbocycles. The Morgan fingerprint density at radius 1 is 1.00 bits per heavy atom. The van der Waals surface area contributed by atoms with Crippen LogP contribution in [0.3, 0.4) is 0 Å². The highest BCUT2D eigenvalue weighted by molar-refractivity contribution is 5.84. The molecule has 0 spiro atoms. The van der Waals surface area contributed by atoms with Gasteiger partial charge in [-0.25, -0.2) is 4.79 Å². The summed E-state index contributed by atoms with van der Waals surface area (Å²) in [4.78, 5) is 33.8.